The van der Waals surface area contributed by atoms with E-state index in [9.17, 15) is 13.2 Å². The summed E-state index contributed by atoms with van der Waals surface area (Å²) >= 11 is 0. The number of carbonyl (C=O) groups is 1. The Hall–Kier alpha value is -1.40. The van der Waals surface area contributed by atoms with Crippen molar-refractivity contribution in [2.75, 3.05) is 20.1 Å². The van der Waals surface area contributed by atoms with Gasteiger partial charge < -0.3 is 4.90 Å². The van der Waals surface area contributed by atoms with E-state index in [0.29, 0.717) is 24.2 Å². The minimum Gasteiger partial charge on any atom is -0.339 e. The molecular formula is C20H30N2O3S. The van der Waals surface area contributed by atoms with Gasteiger partial charge in [-0.25, -0.2) is 8.42 Å². The van der Waals surface area contributed by atoms with Crippen LogP contribution in [0.25, 0.3) is 0 Å². The van der Waals surface area contributed by atoms with Gasteiger partial charge >= 0.3 is 0 Å². The van der Waals surface area contributed by atoms with Gasteiger partial charge in [0.15, 0.2) is 0 Å². The van der Waals surface area contributed by atoms with Crippen molar-refractivity contribution in [3.05, 3.63) is 29.3 Å². The van der Waals surface area contributed by atoms with Gasteiger partial charge in [0, 0.05) is 31.7 Å². The second-order valence-corrected chi connectivity index (χ2v) is 9.56. The van der Waals surface area contributed by atoms with Crippen molar-refractivity contribution in [2.24, 2.45) is 0 Å². The van der Waals surface area contributed by atoms with Crippen LogP contribution in [0.15, 0.2) is 23.1 Å². The summed E-state index contributed by atoms with van der Waals surface area (Å²) < 4.78 is 27.9. The molecule has 1 aliphatic heterocycles. The van der Waals surface area contributed by atoms with E-state index in [1.165, 1.54) is 0 Å². The van der Waals surface area contributed by atoms with Crippen LogP contribution >= 0.6 is 0 Å². The predicted molar refractivity (Wildman–Crippen MR) is 103 cm³/mol. The Morgan fingerprint density at radius 2 is 1.65 bits per heavy atom. The van der Waals surface area contributed by atoms with Gasteiger partial charge in [0.2, 0.25) is 10.0 Å². The molecule has 1 aromatic carbocycles. The summed E-state index contributed by atoms with van der Waals surface area (Å²) in [5, 5.41) is 0. The molecule has 1 aliphatic carbocycles. The fourth-order valence-electron chi connectivity index (χ4n) is 4.09. The predicted octanol–water partition coefficient (Wildman–Crippen LogP) is 3.57. The third-order valence-electron chi connectivity index (χ3n) is 5.81. The van der Waals surface area contributed by atoms with Crippen molar-refractivity contribution in [3.8, 4) is 0 Å². The summed E-state index contributed by atoms with van der Waals surface area (Å²) in [6.07, 6.45) is 8.35. The number of benzene rings is 1. The van der Waals surface area contributed by atoms with E-state index in [4.69, 9.17) is 0 Å². The molecule has 3 rings (SSSR count). The van der Waals surface area contributed by atoms with Crippen LogP contribution in [0.4, 0.5) is 0 Å². The van der Waals surface area contributed by atoms with Crippen LogP contribution in [0.2, 0.25) is 0 Å². The topological polar surface area (TPSA) is 57.7 Å². The highest BCUT2D eigenvalue weighted by Crippen LogP contribution is 2.27. The highest BCUT2D eigenvalue weighted by molar-refractivity contribution is 7.89. The molecular weight excluding hydrogens is 348 g/mol. The average Bonchev–Trinajstić information content (AvgIpc) is 3.02. The van der Waals surface area contributed by atoms with Gasteiger partial charge in [-0.05, 0) is 50.3 Å². The van der Waals surface area contributed by atoms with Gasteiger partial charge in [0.05, 0.1) is 4.90 Å². The third-order valence-corrected chi connectivity index (χ3v) is 7.85. The molecule has 0 unspecified atom stereocenters. The molecule has 2 fully saturated rings. The molecule has 0 aromatic heterocycles. The lowest BCUT2D eigenvalue weighted by Crippen LogP contribution is -2.35. The summed E-state index contributed by atoms with van der Waals surface area (Å²) in [5.74, 6) is -0.0794. The number of carbonyl (C=O) groups excluding carboxylic acids is 1. The lowest BCUT2D eigenvalue weighted by atomic mass is 10.1. The lowest BCUT2D eigenvalue weighted by molar-refractivity contribution is 0.0735. The first-order chi connectivity index (χ1) is 12.4. The van der Waals surface area contributed by atoms with E-state index in [1.54, 1.807) is 34.3 Å². The molecule has 1 aromatic rings. The molecule has 1 amide bonds. The molecule has 1 heterocycles. The van der Waals surface area contributed by atoms with Crippen LogP contribution in [0.3, 0.4) is 0 Å². The summed E-state index contributed by atoms with van der Waals surface area (Å²) in [7, 11) is -1.72. The average molecular weight is 379 g/mol. The Kier molecular flexibility index (Phi) is 6.03. The van der Waals surface area contributed by atoms with E-state index in [2.05, 4.69) is 0 Å². The summed E-state index contributed by atoms with van der Waals surface area (Å²) in [5.41, 5.74) is 1.17. The van der Waals surface area contributed by atoms with Gasteiger partial charge in [-0.1, -0.05) is 31.7 Å². The summed E-state index contributed by atoms with van der Waals surface area (Å²) in [6, 6.07) is 5.38. The van der Waals surface area contributed by atoms with Crippen LogP contribution in [0, 0.1) is 6.92 Å². The van der Waals surface area contributed by atoms with Crippen molar-refractivity contribution in [3.63, 3.8) is 0 Å². The van der Waals surface area contributed by atoms with Gasteiger partial charge in [-0.3, -0.25) is 4.79 Å². The molecule has 0 bridgehead atoms. The maximum Gasteiger partial charge on any atom is 0.253 e. The molecule has 0 N–H and O–H groups in total. The van der Waals surface area contributed by atoms with Gasteiger partial charge in [0.1, 0.15) is 0 Å². The number of amides is 1. The normalized spacial score (nSPS) is 20.1. The number of hydrogen-bond donors (Lipinski definition) is 0. The lowest BCUT2D eigenvalue weighted by Gasteiger charge is -2.25. The Morgan fingerprint density at radius 1 is 1.04 bits per heavy atom. The van der Waals surface area contributed by atoms with E-state index in [0.717, 1.165) is 51.4 Å². The SMILES string of the molecule is Cc1ccc(C(=O)N(C)C2CCCC2)cc1S(=O)(=O)N1CCCCCC1. The van der Waals surface area contributed by atoms with E-state index in [-0.39, 0.29) is 16.8 Å². The summed E-state index contributed by atoms with van der Waals surface area (Å²) in [6.45, 7) is 2.95. The number of hydrogen-bond acceptors (Lipinski definition) is 3. The van der Waals surface area contributed by atoms with Crippen LogP contribution in [-0.2, 0) is 10.0 Å². The second-order valence-electron chi connectivity index (χ2n) is 7.65. The first kappa shape index (κ1) is 19.4. The van der Waals surface area contributed by atoms with Gasteiger partial charge in [0.25, 0.3) is 5.91 Å². The van der Waals surface area contributed by atoms with Gasteiger partial charge in [-0.2, -0.15) is 4.31 Å². The minimum absolute atomic E-state index is 0.0794. The zero-order valence-corrected chi connectivity index (χ0v) is 16.7. The van der Waals surface area contributed by atoms with Crippen LogP contribution in [0.5, 0.6) is 0 Å². The van der Waals surface area contributed by atoms with Crippen molar-refractivity contribution in [2.45, 2.75) is 69.2 Å². The van der Waals surface area contributed by atoms with Crippen molar-refractivity contribution in [1.82, 2.24) is 9.21 Å². The molecule has 5 nitrogen and oxygen atoms in total. The molecule has 144 valence electrons. The number of nitrogens with zero attached hydrogens (tertiary/aromatic N) is 2. The minimum atomic E-state index is -3.55. The van der Waals surface area contributed by atoms with Gasteiger partial charge in [-0.15, -0.1) is 0 Å². The van der Waals surface area contributed by atoms with E-state index < -0.39 is 10.0 Å². The summed E-state index contributed by atoms with van der Waals surface area (Å²) in [4.78, 5) is 14.9. The molecule has 1 saturated heterocycles. The Morgan fingerprint density at radius 3 is 2.27 bits per heavy atom. The maximum absolute atomic E-state index is 13.2. The van der Waals surface area contributed by atoms with Crippen LogP contribution < -0.4 is 0 Å². The quantitative estimate of drug-likeness (QED) is 0.805. The van der Waals surface area contributed by atoms with E-state index >= 15 is 0 Å². The number of sulfonamides is 1. The highest BCUT2D eigenvalue weighted by Gasteiger charge is 2.29. The molecule has 1 saturated carbocycles. The number of aryl methyl sites for hydroxylation is 1. The molecule has 2 aliphatic rings. The van der Waals surface area contributed by atoms with Crippen molar-refractivity contribution >= 4 is 15.9 Å². The second kappa shape index (κ2) is 8.09. The monoisotopic (exact) mass is 378 g/mol. The zero-order valence-electron chi connectivity index (χ0n) is 15.9. The molecule has 0 spiro atoms. The maximum atomic E-state index is 13.2. The van der Waals surface area contributed by atoms with Crippen LogP contribution in [0.1, 0.15) is 67.3 Å². The fraction of sp³-hybridized carbons (Fsp3) is 0.650. The van der Waals surface area contributed by atoms with Crippen molar-refractivity contribution < 1.29 is 13.2 Å². The first-order valence-corrected chi connectivity index (χ1v) is 11.2. The van der Waals surface area contributed by atoms with Crippen LogP contribution in [-0.4, -0.2) is 49.7 Å². The Balaban J connectivity index is 1.88. The van der Waals surface area contributed by atoms with E-state index in [1.807, 2.05) is 7.05 Å². The molecule has 6 heteroatoms. The smallest absolute Gasteiger partial charge is 0.253 e. The Bertz CT molecular complexity index is 746. The first-order valence-electron chi connectivity index (χ1n) is 9.79. The zero-order chi connectivity index (χ0) is 18.7. The number of rotatable bonds is 4. The largest absolute Gasteiger partial charge is 0.339 e. The highest BCUT2D eigenvalue weighted by atomic mass is 32.2. The molecule has 26 heavy (non-hydrogen) atoms. The fourth-order valence-corrected chi connectivity index (χ4v) is 5.86. The molecule has 0 atom stereocenters. The Labute approximate surface area is 157 Å². The van der Waals surface area contributed by atoms with Crippen molar-refractivity contribution in [1.29, 1.82) is 0 Å². The standard InChI is InChI=1S/C20H30N2O3S/c1-16-11-12-17(20(23)21(2)18-9-5-6-10-18)15-19(16)26(24,25)22-13-7-3-4-8-14-22/h11-12,15,18H,3-10,13-14H2,1-2H3. The molecule has 0 radical (unpaired) electrons. The third kappa shape index (κ3) is 3.96.